The lowest BCUT2D eigenvalue weighted by Gasteiger charge is -2.21. The highest BCUT2D eigenvalue weighted by molar-refractivity contribution is 8.00. The fourth-order valence-corrected chi connectivity index (χ4v) is 3.29. The fraction of sp³-hybridized carbons (Fsp3) is 1.00. The van der Waals surface area contributed by atoms with E-state index in [1.54, 1.807) is 7.11 Å². The Morgan fingerprint density at radius 2 is 1.94 bits per heavy atom. The largest absolute Gasteiger partial charge is 0.383 e. The standard InChI is InChI=1S/C12H28N2OS2/c1-6-10(2)11(3)9-16-12(8-15-5)7-14-17-13-4/h10-14H,6-9H2,1-5H3/t10-,11?,12?/m1/s1. The summed E-state index contributed by atoms with van der Waals surface area (Å²) in [6.45, 7) is 8.74. The SMILES string of the molecule is CC[C@@H](C)C(C)CSC(CNSNC)COC. The summed E-state index contributed by atoms with van der Waals surface area (Å²) in [5, 5.41) is 0.535. The zero-order valence-corrected chi connectivity index (χ0v) is 13.4. The van der Waals surface area contributed by atoms with Crippen molar-refractivity contribution in [3.05, 3.63) is 0 Å². The monoisotopic (exact) mass is 280 g/mol. The number of thioether (sulfide) groups is 1. The Balaban J connectivity index is 3.82. The van der Waals surface area contributed by atoms with Crippen LogP contribution in [0.3, 0.4) is 0 Å². The number of ether oxygens (including phenoxy) is 1. The predicted octanol–water partition coefficient (Wildman–Crippen LogP) is 2.79. The molecule has 0 saturated heterocycles. The highest BCUT2D eigenvalue weighted by atomic mass is 32.2. The van der Waals surface area contributed by atoms with E-state index < -0.39 is 0 Å². The van der Waals surface area contributed by atoms with Crippen molar-refractivity contribution in [3.8, 4) is 0 Å². The molecule has 3 atom stereocenters. The lowest BCUT2D eigenvalue weighted by atomic mass is 9.96. The Kier molecular flexibility index (Phi) is 12.1. The Morgan fingerprint density at radius 3 is 2.47 bits per heavy atom. The van der Waals surface area contributed by atoms with Gasteiger partial charge in [-0.25, -0.2) is 4.72 Å². The highest BCUT2D eigenvalue weighted by Crippen LogP contribution is 2.22. The molecule has 0 amide bonds. The number of methoxy groups -OCH3 is 1. The van der Waals surface area contributed by atoms with E-state index in [2.05, 4.69) is 30.2 Å². The number of rotatable bonds is 11. The summed E-state index contributed by atoms with van der Waals surface area (Å²) in [5.41, 5.74) is 0. The second-order valence-corrected chi connectivity index (χ2v) is 6.66. The third-order valence-electron chi connectivity index (χ3n) is 3.05. The van der Waals surface area contributed by atoms with Crippen LogP contribution in [-0.4, -0.2) is 38.3 Å². The molecule has 0 fully saturated rings. The molecule has 0 aliphatic heterocycles. The van der Waals surface area contributed by atoms with Crippen molar-refractivity contribution in [2.24, 2.45) is 11.8 Å². The van der Waals surface area contributed by atoms with Gasteiger partial charge >= 0.3 is 0 Å². The summed E-state index contributed by atoms with van der Waals surface area (Å²) in [6.07, 6.45) is 1.27. The van der Waals surface area contributed by atoms with Gasteiger partial charge < -0.3 is 4.74 Å². The topological polar surface area (TPSA) is 33.3 Å². The molecule has 104 valence electrons. The van der Waals surface area contributed by atoms with Gasteiger partial charge in [0.25, 0.3) is 0 Å². The molecule has 2 N–H and O–H groups in total. The average molecular weight is 281 g/mol. The van der Waals surface area contributed by atoms with Gasteiger partial charge in [0.1, 0.15) is 0 Å². The molecule has 0 bridgehead atoms. The first-order chi connectivity index (χ1) is 8.15. The minimum Gasteiger partial charge on any atom is -0.383 e. The molecule has 17 heavy (non-hydrogen) atoms. The van der Waals surface area contributed by atoms with Gasteiger partial charge in [0.15, 0.2) is 0 Å². The number of nitrogens with one attached hydrogen (secondary N) is 2. The van der Waals surface area contributed by atoms with Gasteiger partial charge in [-0.05, 0) is 24.6 Å². The van der Waals surface area contributed by atoms with Crippen molar-refractivity contribution in [3.63, 3.8) is 0 Å². The smallest absolute Gasteiger partial charge is 0.0593 e. The van der Waals surface area contributed by atoms with Gasteiger partial charge in [0.05, 0.1) is 6.61 Å². The van der Waals surface area contributed by atoms with Gasteiger partial charge in [-0.1, -0.05) is 27.2 Å². The van der Waals surface area contributed by atoms with Crippen molar-refractivity contribution >= 4 is 23.9 Å². The molecule has 2 unspecified atom stereocenters. The van der Waals surface area contributed by atoms with Crippen LogP contribution in [0.5, 0.6) is 0 Å². The van der Waals surface area contributed by atoms with Crippen LogP contribution in [0.15, 0.2) is 0 Å². The molecule has 0 rings (SSSR count). The van der Waals surface area contributed by atoms with Crippen molar-refractivity contribution in [2.45, 2.75) is 32.4 Å². The lowest BCUT2D eigenvalue weighted by molar-refractivity contribution is 0.200. The van der Waals surface area contributed by atoms with Gasteiger partial charge in [-0.3, -0.25) is 4.72 Å². The van der Waals surface area contributed by atoms with Crippen LogP contribution >= 0.6 is 23.9 Å². The summed E-state index contributed by atoms with van der Waals surface area (Å²) < 4.78 is 11.6. The molecule has 0 radical (unpaired) electrons. The van der Waals surface area contributed by atoms with Crippen molar-refractivity contribution in [2.75, 3.05) is 33.1 Å². The van der Waals surface area contributed by atoms with Gasteiger partial charge in [0, 0.05) is 31.0 Å². The average Bonchev–Trinajstić information content (AvgIpc) is 2.34. The Bertz CT molecular complexity index is 173. The van der Waals surface area contributed by atoms with E-state index in [-0.39, 0.29) is 0 Å². The van der Waals surface area contributed by atoms with Crippen LogP contribution in [0, 0.1) is 11.8 Å². The third-order valence-corrected chi connectivity index (χ3v) is 5.06. The first-order valence-electron chi connectivity index (χ1n) is 6.31. The summed E-state index contributed by atoms with van der Waals surface area (Å²) in [5.74, 6) is 2.81. The van der Waals surface area contributed by atoms with E-state index >= 15 is 0 Å². The molecule has 0 saturated carbocycles. The summed E-state index contributed by atoms with van der Waals surface area (Å²) in [6, 6.07) is 0. The highest BCUT2D eigenvalue weighted by Gasteiger charge is 2.14. The molecule has 0 aliphatic rings. The third kappa shape index (κ3) is 9.19. The van der Waals surface area contributed by atoms with E-state index in [1.165, 1.54) is 24.3 Å². The second kappa shape index (κ2) is 11.7. The maximum absolute atomic E-state index is 5.26. The van der Waals surface area contributed by atoms with E-state index in [4.69, 9.17) is 4.74 Å². The maximum atomic E-state index is 5.26. The molecule has 0 aromatic rings. The first-order valence-corrected chi connectivity index (χ1v) is 8.18. The summed E-state index contributed by atoms with van der Waals surface area (Å²) >= 11 is 3.56. The number of hydrogen-bond donors (Lipinski definition) is 2. The second-order valence-electron chi connectivity index (χ2n) is 4.43. The van der Waals surface area contributed by atoms with E-state index in [1.807, 2.05) is 18.8 Å². The summed E-state index contributed by atoms with van der Waals surface area (Å²) in [7, 11) is 3.69. The molecule has 5 heteroatoms. The molecule has 0 aromatic carbocycles. The van der Waals surface area contributed by atoms with Crippen molar-refractivity contribution in [1.82, 2.24) is 9.44 Å². The molecule has 0 heterocycles. The normalized spacial score (nSPS) is 16.8. The van der Waals surface area contributed by atoms with Crippen LogP contribution < -0.4 is 9.44 Å². The van der Waals surface area contributed by atoms with E-state index in [9.17, 15) is 0 Å². The molecule has 0 aromatic heterocycles. The Labute approximate surface area is 115 Å². The van der Waals surface area contributed by atoms with Crippen LogP contribution in [-0.2, 0) is 4.74 Å². The summed E-state index contributed by atoms with van der Waals surface area (Å²) in [4.78, 5) is 0. The van der Waals surface area contributed by atoms with Crippen molar-refractivity contribution in [1.29, 1.82) is 0 Å². The minimum absolute atomic E-state index is 0.535. The lowest BCUT2D eigenvalue weighted by Crippen LogP contribution is -2.27. The molecule has 0 aliphatic carbocycles. The minimum atomic E-state index is 0.535. The Morgan fingerprint density at radius 1 is 1.24 bits per heavy atom. The first kappa shape index (κ1) is 17.6. The molecular weight excluding hydrogens is 252 g/mol. The van der Waals surface area contributed by atoms with Gasteiger partial charge in [-0.15, -0.1) is 0 Å². The molecular formula is C12H28N2OS2. The Hall–Kier alpha value is 0.580. The zero-order chi connectivity index (χ0) is 13.1. The van der Waals surface area contributed by atoms with Crippen LogP contribution in [0.4, 0.5) is 0 Å². The van der Waals surface area contributed by atoms with Crippen LogP contribution in [0.1, 0.15) is 27.2 Å². The predicted molar refractivity (Wildman–Crippen MR) is 81.4 cm³/mol. The quantitative estimate of drug-likeness (QED) is 0.449. The maximum Gasteiger partial charge on any atom is 0.0593 e. The van der Waals surface area contributed by atoms with Gasteiger partial charge in [0.2, 0.25) is 0 Å². The van der Waals surface area contributed by atoms with Crippen LogP contribution in [0.2, 0.25) is 0 Å². The zero-order valence-electron chi connectivity index (χ0n) is 11.8. The van der Waals surface area contributed by atoms with E-state index in [0.717, 1.165) is 25.0 Å². The molecule has 3 nitrogen and oxygen atoms in total. The fourth-order valence-electron chi connectivity index (χ4n) is 1.41. The van der Waals surface area contributed by atoms with Gasteiger partial charge in [-0.2, -0.15) is 11.8 Å². The van der Waals surface area contributed by atoms with Crippen molar-refractivity contribution < 1.29 is 4.74 Å². The number of hydrogen-bond acceptors (Lipinski definition) is 5. The van der Waals surface area contributed by atoms with E-state index in [0.29, 0.717) is 5.25 Å². The molecule has 0 spiro atoms. The van der Waals surface area contributed by atoms with Crippen LogP contribution in [0.25, 0.3) is 0 Å².